The highest BCUT2D eigenvalue weighted by Crippen LogP contribution is 2.26. The lowest BCUT2D eigenvalue weighted by Gasteiger charge is -2.17. The molecule has 2 aromatic carbocycles. The van der Waals surface area contributed by atoms with Crippen LogP contribution in [0.15, 0.2) is 65.7 Å². The van der Waals surface area contributed by atoms with Crippen molar-refractivity contribution in [2.75, 3.05) is 0 Å². The fourth-order valence-corrected chi connectivity index (χ4v) is 1.93. The molecule has 19 heavy (non-hydrogen) atoms. The van der Waals surface area contributed by atoms with E-state index >= 15 is 0 Å². The van der Waals surface area contributed by atoms with Crippen LogP contribution in [0.2, 0.25) is 0 Å². The van der Waals surface area contributed by atoms with Gasteiger partial charge in [-0.1, -0.05) is 81.4 Å². The summed E-state index contributed by atoms with van der Waals surface area (Å²) in [5.41, 5.74) is 2.56. The quantitative estimate of drug-likeness (QED) is 0.688. The van der Waals surface area contributed by atoms with Crippen molar-refractivity contribution in [2.45, 2.75) is 26.8 Å². The molecule has 0 spiro atoms. The summed E-state index contributed by atoms with van der Waals surface area (Å²) in [5, 5.41) is 0. The van der Waals surface area contributed by atoms with Gasteiger partial charge in [-0.2, -0.15) is 0 Å². The van der Waals surface area contributed by atoms with Gasteiger partial charge in [0.15, 0.2) is 0 Å². The third-order valence-corrected chi connectivity index (χ3v) is 2.84. The van der Waals surface area contributed by atoms with Crippen LogP contribution in [0.4, 0.5) is 0 Å². The van der Waals surface area contributed by atoms with Crippen LogP contribution in [-0.4, -0.2) is 6.21 Å². The van der Waals surface area contributed by atoms with Crippen molar-refractivity contribution < 1.29 is 0 Å². The molecule has 0 saturated carbocycles. The molecule has 0 heterocycles. The number of rotatable bonds is 3. The van der Waals surface area contributed by atoms with Crippen LogP contribution < -0.4 is 0 Å². The predicted molar refractivity (Wildman–Crippen MR) is 82.7 cm³/mol. The highest BCUT2D eigenvalue weighted by Gasteiger charge is 2.13. The van der Waals surface area contributed by atoms with E-state index in [1.165, 1.54) is 11.1 Å². The summed E-state index contributed by atoms with van der Waals surface area (Å²) in [6.45, 7) is 6.51. The molecule has 0 aliphatic rings. The van der Waals surface area contributed by atoms with Crippen molar-refractivity contribution >= 4 is 6.21 Å². The van der Waals surface area contributed by atoms with E-state index in [4.69, 9.17) is 4.99 Å². The zero-order chi connectivity index (χ0) is 13.7. The van der Waals surface area contributed by atoms with Gasteiger partial charge in [-0.05, 0) is 16.5 Å². The van der Waals surface area contributed by atoms with E-state index in [2.05, 4.69) is 75.5 Å². The lowest BCUT2D eigenvalue weighted by atomic mass is 9.96. The van der Waals surface area contributed by atoms with E-state index in [1.54, 1.807) is 0 Å². The molecule has 0 saturated heterocycles. The summed E-state index contributed by atoms with van der Waals surface area (Å²) in [6, 6.07) is 21.0. The topological polar surface area (TPSA) is 12.4 Å². The Balaban J connectivity index is 2.38. The van der Waals surface area contributed by atoms with E-state index in [0.717, 1.165) is 0 Å². The largest absolute Gasteiger partial charge is 0.284 e. The smallest absolute Gasteiger partial charge is 0.0995 e. The van der Waals surface area contributed by atoms with E-state index in [0.29, 0.717) is 0 Å². The van der Waals surface area contributed by atoms with Crippen LogP contribution in [0.5, 0.6) is 0 Å². The van der Waals surface area contributed by atoms with Crippen LogP contribution in [0.1, 0.15) is 37.9 Å². The molecule has 2 rings (SSSR count). The van der Waals surface area contributed by atoms with Crippen LogP contribution in [0.25, 0.3) is 0 Å². The standard InChI is InChI=1S/C18H21N/c1-18(2,3)14-19-17(15-10-6-4-7-11-15)16-12-8-5-9-13-16/h4-14,17H,1-3H3. The Bertz CT molecular complexity index is 481. The minimum absolute atomic E-state index is 0.0848. The molecule has 2 aromatic rings. The Morgan fingerprint density at radius 3 is 1.58 bits per heavy atom. The van der Waals surface area contributed by atoms with Gasteiger partial charge < -0.3 is 0 Å². The van der Waals surface area contributed by atoms with Gasteiger partial charge in [0.2, 0.25) is 0 Å². The number of hydrogen-bond acceptors (Lipinski definition) is 1. The zero-order valence-electron chi connectivity index (χ0n) is 11.9. The second kappa shape index (κ2) is 5.83. The minimum Gasteiger partial charge on any atom is -0.284 e. The van der Waals surface area contributed by atoms with Gasteiger partial charge in [0.1, 0.15) is 0 Å². The first kappa shape index (κ1) is 13.5. The van der Waals surface area contributed by atoms with Crippen molar-refractivity contribution in [3.8, 4) is 0 Å². The highest BCUT2D eigenvalue weighted by atomic mass is 14.8. The molecule has 0 fully saturated rings. The minimum atomic E-state index is 0.0848. The molecule has 0 atom stereocenters. The molecule has 0 aliphatic heterocycles. The Kier molecular flexibility index (Phi) is 4.16. The van der Waals surface area contributed by atoms with E-state index < -0.39 is 0 Å². The van der Waals surface area contributed by atoms with Crippen molar-refractivity contribution in [1.29, 1.82) is 0 Å². The van der Waals surface area contributed by atoms with Crippen molar-refractivity contribution in [1.82, 2.24) is 0 Å². The van der Waals surface area contributed by atoms with E-state index in [-0.39, 0.29) is 11.5 Å². The zero-order valence-corrected chi connectivity index (χ0v) is 11.9. The maximum Gasteiger partial charge on any atom is 0.0995 e. The summed E-state index contributed by atoms with van der Waals surface area (Å²) in [6.07, 6.45) is 2.05. The monoisotopic (exact) mass is 251 g/mol. The lowest BCUT2D eigenvalue weighted by molar-refractivity contribution is 0.601. The van der Waals surface area contributed by atoms with Gasteiger partial charge in [-0.15, -0.1) is 0 Å². The third kappa shape index (κ3) is 4.06. The van der Waals surface area contributed by atoms with Gasteiger partial charge in [-0.3, -0.25) is 4.99 Å². The average Bonchev–Trinajstić information content (AvgIpc) is 2.40. The summed E-state index contributed by atoms with van der Waals surface area (Å²) < 4.78 is 0. The van der Waals surface area contributed by atoms with Crippen molar-refractivity contribution in [3.63, 3.8) is 0 Å². The fraction of sp³-hybridized carbons (Fsp3) is 0.278. The third-order valence-electron chi connectivity index (χ3n) is 2.84. The molecule has 0 aromatic heterocycles. The highest BCUT2D eigenvalue weighted by molar-refractivity contribution is 5.65. The summed E-state index contributed by atoms with van der Waals surface area (Å²) in [4.78, 5) is 4.81. The van der Waals surface area contributed by atoms with Gasteiger partial charge in [0.25, 0.3) is 0 Å². The van der Waals surface area contributed by atoms with E-state index in [9.17, 15) is 0 Å². The van der Waals surface area contributed by atoms with Crippen LogP contribution in [0.3, 0.4) is 0 Å². The molecule has 0 unspecified atom stereocenters. The number of hydrogen-bond donors (Lipinski definition) is 0. The SMILES string of the molecule is CC(C)(C)C=NC(c1ccccc1)c1ccccc1. The normalized spacial score (nSPS) is 12.2. The summed E-state index contributed by atoms with van der Waals surface area (Å²) >= 11 is 0. The Morgan fingerprint density at radius 2 is 1.21 bits per heavy atom. The molecule has 1 heteroatoms. The molecular weight excluding hydrogens is 230 g/mol. The fourth-order valence-electron chi connectivity index (χ4n) is 1.93. The van der Waals surface area contributed by atoms with Crippen LogP contribution >= 0.6 is 0 Å². The lowest BCUT2D eigenvalue weighted by Crippen LogP contribution is -2.08. The van der Waals surface area contributed by atoms with Gasteiger partial charge >= 0.3 is 0 Å². The number of benzene rings is 2. The Morgan fingerprint density at radius 1 is 0.789 bits per heavy atom. The van der Waals surface area contributed by atoms with E-state index in [1.807, 2.05) is 12.1 Å². The maximum atomic E-state index is 4.81. The van der Waals surface area contributed by atoms with Gasteiger partial charge in [-0.25, -0.2) is 0 Å². The molecule has 0 bridgehead atoms. The first-order valence-corrected chi connectivity index (χ1v) is 6.70. The van der Waals surface area contributed by atoms with Crippen LogP contribution in [0, 0.1) is 5.41 Å². The molecule has 0 amide bonds. The molecule has 0 N–H and O–H groups in total. The van der Waals surface area contributed by atoms with Gasteiger partial charge in [0, 0.05) is 6.21 Å². The maximum absolute atomic E-state index is 4.81. The molecule has 0 radical (unpaired) electrons. The predicted octanol–water partition coefficient (Wildman–Crippen LogP) is 4.89. The number of nitrogens with zero attached hydrogens (tertiary/aromatic N) is 1. The Labute approximate surface area is 116 Å². The summed E-state index contributed by atoms with van der Waals surface area (Å²) in [5.74, 6) is 0. The summed E-state index contributed by atoms with van der Waals surface area (Å²) in [7, 11) is 0. The second-order valence-electron chi connectivity index (χ2n) is 5.87. The molecule has 1 nitrogen and oxygen atoms in total. The second-order valence-corrected chi connectivity index (χ2v) is 5.87. The molecule has 0 aliphatic carbocycles. The first-order valence-electron chi connectivity index (χ1n) is 6.70. The Hall–Kier alpha value is -1.89. The first-order chi connectivity index (χ1) is 9.06. The van der Waals surface area contributed by atoms with Gasteiger partial charge in [0.05, 0.1) is 6.04 Å². The molecule has 98 valence electrons. The molecular formula is C18H21N. The number of aliphatic imine (C=N–C) groups is 1. The average molecular weight is 251 g/mol. The van der Waals surface area contributed by atoms with Crippen molar-refractivity contribution in [3.05, 3.63) is 71.8 Å². The van der Waals surface area contributed by atoms with Crippen LogP contribution in [-0.2, 0) is 0 Å². The van der Waals surface area contributed by atoms with Crippen molar-refractivity contribution in [2.24, 2.45) is 10.4 Å².